The van der Waals surface area contributed by atoms with Crippen LogP contribution >= 0.6 is 0 Å². The highest BCUT2D eigenvalue weighted by atomic mass is 19.1. The van der Waals surface area contributed by atoms with Gasteiger partial charge in [0.2, 0.25) is 5.91 Å². The van der Waals surface area contributed by atoms with Crippen LogP contribution in [-0.2, 0) is 11.2 Å². The Kier molecular flexibility index (Phi) is 9.44. The molecular weight excluding hydrogens is 441 g/mol. The van der Waals surface area contributed by atoms with Crippen molar-refractivity contribution in [2.24, 2.45) is 11.8 Å². The van der Waals surface area contributed by atoms with E-state index in [9.17, 15) is 14.0 Å². The summed E-state index contributed by atoms with van der Waals surface area (Å²) in [6.45, 7) is 14.3. The molecule has 0 aliphatic carbocycles. The molecular formula is C29H40FN3O2. The van der Waals surface area contributed by atoms with E-state index in [2.05, 4.69) is 24.1 Å². The third kappa shape index (κ3) is 6.69. The van der Waals surface area contributed by atoms with E-state index in [4.69, 9.17) is 0 Å². The zero-order chi connectivity index (χ0) is 25.5. The Morgan fingerprint density at radius 2 is 1.80 bits per heavy atom. The molecule has 2 atom stereocenters. The standard InChI is InChI=1S/C29H40FN3O2/c1-6-32(7-2)14-10-13-31-28(34)25-16-20(3)27(21(4)17-25)33-19-23(15-22(5)29(33)35)18-24-11-8-9-12-26(24)30/h8-9,11-12,16-17,22-23H,6-7,10,13-15,18-19H2,1-5H3,(H,31,34)/t22-,23-/m1/s1. The molecule has 1 saturated heterocycles. The molecule has 2 aromatic carbocycles. The Labute approximate surface area is 209 Å². The minimum absolute atomic E-state index is 0.0851. The van der Waals surface area contributed by atoms with E-state index < -0.39 is 0 Å². The maximum Gasteiger partial charge on any atom is 0.251 e. The maximum atomic E-state index is 14.3. The predicted molar refractivity (Wildman–Crippen MR) is 140 cm³/mol. The van der Waals surface area contributed by atoms with Crippen LogP contribution in [0.5, 0.6) is 0 Å². The number of amides is 2. The van der Waals surface area contributed by atoms with Crippen LogP contribution in [0, 0.1) is 31.5 Å². The van der Waals surface area contributed by atoms with Crippen LogP contribution in [0.1, 0.15) is 60.7 Å². The molecule has 0 spiro atoms. The number of hydrogen-bond donors (Lipinski definition) is 1. The summed E-state index contributed by atoms with van der Waals surface area (Å²) in [6, 6.07) is 10.6. The lowest BCUT2D eigenvalue weighted by Crippen LogP contribution is -2.46. The van der Waals surface area contributed by atoms with Crippen LogP contribution in [0.4, 0.5) is 10.1 Å². The normalized spacial score (nSPS) is 18.3. The number of anilines is 1. The molecule has 0 aromatic heterocycles. The van der Waals surface area contributed by atoms with Gasteiger partial charge < -0.3 is 15.1 Å². The zero-order valence-corrected chi connectivity index (χ0v) is 21.9. The molecule has 0 bridgehead atoms. The van der Waals surface area contributed by atoms with Crippen LogP contribution in [0.2, 0.25) is 0 Å². The molecule has 1 heterocycles. The second-order valence-electron chi connectivity index (χ2n) is 9.84. The molecule has 1 aliphatic heterocycles. The fourth-order valence-corrected chi connectivity index (χ4v) is 5.27. The number of nitrogens with one attached hydrogen (secondary N) is 1. The minimum Gasteiger partial charge on any atom is -0.352 e. The molecule has 0 radical (unpaired) electrons. The fraction of sp³-hybridized carbons (Fsp3) is 0.517. The smallest absolute Gasteiger partial charge is 0.251 e. The Hall–Kier alpha value is -2.73. The first-order chi connectivity index (χ1) is 16.7. The van der Waals surface area contributed by atoms with Crippen molar-refractivity contribution in [1.82, 2.24) is 10.2 Å². The van der Waals surface area contributed by atoms with Crippen molar-refractivity contribution in [2.45, 2.75) is 53.9 Å². The summed E-state index contributed by atoms with van der Waals surface area (Å²) in [5.74, 6) is -0.142. The van der Waals surface area contributed by atoms with Gasteiger partial charge in [-0.25, -0.2) is 4.39 Å². The van der Waals surface area contributed by atoms with Gasteiger partial charge in [-0.05, 0) is 93.6 Å². The van der Waals surface area contributed by atoms with Gasteiger partial charge in [0.1, 0.15) is 5.82 Å². The van der Waals surface area contributed by atoms with Crippen LogP contribution in [0.15, 0.2) is 36.4 Å². The first-order valence-corrected chi connectivity index (χ1v) is 12.9. The van der Waals surface area contributed by atoms with Crippen molar-refractivity contribution in [3.05, 3.63) is 64.5 Å². The van der Waals surface area contributed by atoms with Crippen molar-refractivity contribution >= 4 is 17.5 Å². The van der Waals surface area contributed by atoms with E-state index in [0.29, 0.717) is 30.6 Å². The van der Waals surface area contributed by atoms with E-state index in [1.807, 2.05) is 49.9 Å². The number of halogens is 1. The summed E-state index contributed by atoms with van der Waals surface area (Å²) < 4.78 is 14.3. The summed E-state index contributed by atoms with van der Waals surface area (Å²) in [6.07, 6.45) is 2.26. The van der Waals surface area contributed by atoms with Crippen molar-refractivity contribution in [3.63, 3.8) is 0 Å². The maximum absolute atomic E-state index is 14.3. The molecule has 5 nitrogen and oxygen atoms in total. The van der Waals surface area contributed by atoms with E-state index >= 15 is 0 Å². The van der Waals surface area contributed by atoms with Gasteiger partial charge in [-0.2, -0.15) is 0 Å². The van der Waals surface area contributed by atoms with Gasteiger partial charge in [0, 0.05) is 30.3 Å². The summed E-state index contributed by atoms with van der Waals surface area (Å²) in [7, 11) is 0. The molecule has 1 N–H and O–H groups in total. The van der Waals surface area contributed by atoms with E-state index in [1.165, 1.54) is 6.07 Å². The third-order valence-electron chi connectivity index (χ3n) is 7.14. The second kappa shape index (κ2) is 12.3. The van der Waals surface area contributed by atoms with Gasteiger partial charge in [-0.3, -0.25) is 9.59 Å². The molecule has 190 valence electrons. The number of piperidine rings is 1. The first kappa shape index (κ1) is 26.9. The van der Waals surface area contributed by atoms with Crippen LogP contribution in [-0.4, -0.2) is 49.4 Å². The summed E-state index contributed by atoms with van der Waals surface area (Å²) in [5.41, 5.74) is 4.00. The average molecular weight is 482 g/mol. The topological polar surface area (TPSA) is 52.7 Å². The molecule has 3 rings (SSSR count). The molecule has 0 saturated carbocycles. The highest BCUT2D eigenvalue weighted by Crippen LogP contribution is 2.34. The Bertz CT molecular complexity index is 1010. The summed E-state index contributed by atoms with van der Waals surface area (Å²) in [5, 5.41) is 3.03. The first-order valence-electron chi connectivity index (χ1n) is 12.9. The van der Waals surface area contributed by atoms with Crippen molar-refractivity contribution < 1.29 is 14.0 Å². The molecule has 2 aromatic rings. The largest absolute Gasteiger partial charge is 0.352 e. The number of aryl methyl sites for hydroxylation is 2. The number of nitrogens with zero attached hydrogens (tertiary/aromatic N) is 2. The van der Waals surface area contributed by atoms with Gasteiger partial charge in [0.25, 0.3) is 5.91 Å². The van der Waals surface area contributed by atoms with Gasteiger partial charge in [-0.1, -0.05) is 39.0 Å². The SMILES string of the molecule is CCN(CC)CCCNC(=O)c1cc(C)c(N2C[C@@H](Cc3ccccc3F)C[C@@H](C)C2=O)c(C)c1. The second-order valence-corrected chi connectivity index (χ2v) is 9.84. The van der Waals surface area contributed by atoms with Crippen LogP contribution in [0.3, 0.4) is 0 Å². The quantitative estimate of drug-likeness (QED) is 0.479. The van der Waals surface area contributed by atoms with Gasteiger partial charge >= 0.3 is 0 Å². The summed E-state index contributed by atoms with van der Waals surface area (Å²) >= 11 is 0. The van der Waals surface area contributed by atoms with Crippen LogP contribution in [0.25, 0.3) is 0 Å². The lowest BCUT2D eigenvalue weighted by Gasteiger charge is -2.38. The lowest BCUT2D eigenvalue weighted by atomic mass is 9.84. The number of carbonyl (C=O) groups is 2. The van der Waals surface area contributed by atoms with Crippen molar-refractivity contribution in [1.29, 1.82) is 0 Å². The molecule has 6 heteroatoms. The number of benzene rings is 2. The van der Waals surface area contributed by atoms with E-state index in [0.717, 1.165) is 49.3 Å². The number of rotatable bonds is 10. The fourth-order valence-electron chi connectivity index (χ4n) is 5.27. The van der Waals surface area contributed by atoms with Gasteiger partial charge in [-0.15, -0.1) is 0 Å². The van der Waals surface area contributed by atoms with Crippen molar-refractivity contribution in [2.75, 3.05) is 37.6 Å². The third-order valence-corrected chi connectivity index (χ3v) is 7.14. The number of hydrogen-bond acceptors (Lipinski definition) is 3. The molecule has 35 heavy (non-hydrogen) atoms. The zero-order valence-electron chi connectivity index (χ0n) is 21.9. The van der Waals surface area contributed by atoms with E-state index in [-0.39, 0.29) is 29.5 Å². The predicted octanol–water partition coefficient (Wildman–Crippen LogP) is 5.14. The summed E-state index contributed by atoms with van der Waals surface area (Å²) in [4.78, 5) is 30.1. The van der Waals surface area contributed by atoms with Crippen LogP contribution < -0.4 is 10.2 Å². The monoisotopic (exact) mass is 481 g/mol. The molecule has 1 aliphatic rings. The Morgan fingerprint density at radius 3 is 2.43 bits per heavy atom. The van der Waals surface area contributed by atoms with Gasteiger partial charge in [0.15, 0.2) is 0 Å². The Balaban J connectivity index is 1.71. The molecule has 1 fully saturated rings. The Morgan fingerprint density at radius 1 is 1.14 bits per heavy atom. The van der Waals surface area contributed by atoms with Gasteiger partial charge in [0.05, 0.1) is 0 Å². The van der Waals surface area contributed by atoms with Crippen molar-refractivity contribution in [3.8, 4) is 0 Å². The molecule has 2 amide bonds. The van der Waals surface area contributed by atoms with E-state index in [1.54, 1.807) is 6.07 Å². The number of carbonyl (C=O) groups excluding carboxylic acids is 2. The highest BCUT2D eigenvalue weighted by molar-refractivity contribution is 5.99. The minimum atomic E-state index is -0.191. The lowest BCUT2D eigenvalue weighted by molar-refractivity contribution is -0.124. The highest BCUT2D eigenvalue weighted by Gasteiger charge is 2.34. The molecule has 0 unspecified atom stereocenters. The average Bonchev–Trinajstić information content (AvgIpc) is 2.83.